The normalized spacial score (nSPS) is 18.4. The van der Waals surface area contributed by atoms with Crippen molar-refractivity contribution in [1.82, 2.24) is 15.8 Å². The molecule has 1 fully saturated rings. The van der Waals surface area contributed by atoms with Crippen molar-refractivity contribution >= 4 is 28.6 Å². The smallest absolute Gasteiger partial charge is 0.344 e. The van der Waals surface area contributed by atoms with E-state index in [0.29, 0.717) is 11.3 Å². The number of methoxy groups -OCH3 is 1. The summed E-state index contributed by atoms with van der Waals surface area (Å²) in [5, 5.41) is 5.38. The van der Waals surface area contributed by atoms with E-state index in [1.165, 1.54) is 0 Å². The summed E-state index contributed by atoms with van der Waals surface area (Å²) in [4.78, 5) is 38.1. The van der Waals surface area contributed by atoms with Crippen LogP contribution in [0, 0.1) is 0 Å². The molecule has 1 saturated heterocycles. The van der Waals surface area contributed by atoms with Crippen molar-refractivity contribution in [1.29, 1.82) is 0 Å². The Labute approximate surface area is 173 Å². The Morgan fingerprint density at radius 2 is 1.73 bits per heavy atom. The van der Waals surface area contributed by atoms with Gasteiger partial charge in [-0.2, -0.15) is 5.01 Å². The van der Waals surface area contributed by atoms with Gasteiger partial charge in [-0.05, 0) is 41.0 Å². The van der Waals surface area contributed by atoms with Crippen LogP contribution in [0.5, 0.6) is 5.75 Å². The quantitative estimate of drug-likeness (QED) is 0.642. The first kappa shape index (κ1) is 19.4. The number of urea groups is 1. The number of hydrazine groups is 1. The Kier molecular flexibility index (Phi) is 4.87. The summed E-state index contributed by atoms with van der Waals surface area (Å²) in [6.45, 7) is 1.60. The van der Waals surface area contributed by atoms with E-state index in [2.05, 4.69) is 10.7 Å². The first-order chi connectivity index (χ1) is 14.4. The highest BCUT2D eigenvalue weighted by Gasteiger charge is 2.50. The zero-order valence-electron chi connectivity index (χ0n) is 16.6. The summed E-state index contributed by atoms with van der Waals surface area (Å²) in [6, 6.07) is 19.6. The number of hydrogen-bond acceptors (Lipinski definition) is 4. The van der Waals surface area contributed by atoms with Crippen molar-refractivity contribution in [2.24, 2.45) is 0 Å². The summed E-state index contributed by atoms with van der Waals surface area (Å²) < 4.78 is 5.13. The lowest BCUT2D eigenvalue weighted by Gasteiger charge is -2.22. The molecular weight excluding hydrogens is 382 g/mol. The number of ether oxygens (including phenoxy) is 1. The van der Waals surface area contributed by atoms with E-state index in [0.717, 1.165) is 21.3 Å². The molecule has 0 aromatic heterocycles. The fourth-order valence-electron chi connectivity index (χ4n) is 3.64. The predicted molar refractivity (Wildman–Crippen MR) is 112 cm³/mol. The van der Waals surface area contributed by atoms with Crippen LogP contribution in [0.1, 0.15) is 18.1 Å². The van der Waals surface area contributed by atoms with E-state index >= 15 is 0 Å². The number of hydrogen-bond donors (Lipinski definition) is 2. The van der Waals surface area contributed by atoms with Crippen LogP contribution in [-0.4, -0.2) is 30.0 Å². The van der Waals surface area contributed by atoms with Gasteiger partial charge in [0.05, 0.1) is 13.5 Å². The molecule has 152 valence electrons. The Balaban J connectivity index is 1.52. The zero-order valence-corrected chi connectivity index (χ0v) is 16.6. The Morgan fingerprint density at radius 1 is 1.03 bits per heavy atom. The maximum absolute atomic E-state index is 13.0. The molecule has 2 N–H and O–H groups in total. The maximum Gasteiger partial charge on any atom is 0.344 e. The van der Waals surface area contributed by atoms with E-state index < -0.39 is 23.4 Å². The van der Waals surface area contributed by atoms with Crippen LogP contribution in [-0.2, 0) is 21.5 Å². The van der Waals surface area contributed by atoms with E-state index in [-0.39, 0.29) is 6.42 Å². The highest BCUT2D eigenvalue weighted by atomic mass is 16.5. The van der Waals surface area contributed by atoms with Gasteiger partial charge in [0, 0.05) is 0 Å². The molecule has 1 aliphatic rings. The molecular formula is C23H21N3O4. The lowest BCUT2D eigenvalue weighted by molar-refractivity contribution is -0.138. The first-order valence-corrected chi connectivity index (χ1v) is 9.50. The van der Waals surface area contributed by atoms with E-state index in [1.807, 2.05) is 42.5 Å². The van der Waals surface area contributed by atoms with Gasteiger partial charge in [-0.1, -0.05) is 54.6 Å². The van der Waals surface area contributed by atoms with Crippen LogP contribution < -0.4 is 15.5 Å². The molecule has 1 aliphatic heterocycles. The fraction of sp³-hybridized carbons (Fsp3) is 0.174. The third kappa shape index (κ3) is 3.34. The second kappa shape index (κ2) is 7.51. The average Bonchev–Trinajstić information content (AvgIpc) is 2.98. The van der Waals surface area contributed by atoms with Gasteiger partial charge >= 0.3 is 6.03 Å². The van der Waals surface area contributed by atoms with Gasteiger partial charge in [0.15, 0.2) is 0 Å². The van der Waals surface area contributed by atoms with Gasteiger partial charge in [-0.15, -0.1) is 0 Å². The molecule has 0 bridgehead atoms. The fourth-order valence-corrected chi connectivity index (χ4v) is 3.64. The molecule has 1 heterocycles. The van der Waals surface area contributed by atoms with Crippen molar-refractivity contribution in [3.05, 3.63) is 77.9 Å². The highest BCUT2D eigenvalue weighted by molar-refractivity contribution is 6.08. The number of benzene rings is 3. The number of nitrogens with zero attached hydrogens (tertiary/aromatic N) is 1. The third-order valence-electron chi connectivity index (χ3n) is 5.33. The number of amides is 4. The molecule has 7 nitrogen and oxygen atoms in total. The molecule has 4 rings (SSSR count). The van der Waals surface area contributed by atoms with Crippen molar-refractivity contribution in [3.8, 4) is 5.75 Å². The van der Waals surface area contributed by atoms with E-state index in [4.69, 9.17) is 4.74 Å². The zero-order chi connectivity index (χ0) is 21.3. The van der Waals surface area contributed by atoms with Gasteiger partial charge in [0.2, 0.25) is 5.91 Å². The minimum absolute atomic E-state index is 0.0393. The molecule has 0 unspecified atom stereocenters. The minimum atomic E-state index is -1.28. The van der Waals surface area contributed by atoms with Crippen molar-refractivity contribution in [2.45, 2.75) is 18.9 Å². The molecule has 0 radical (unpaired) electrons. The molecule has 0 aliphatic carbocycles. The van der Waals surface area contributed by atoms with Gasteiger partial charge in [-0.25, -0.2) is 4.79 Å². The topological polar surface area (TPSA) is 87.7 Å². The summed E-state index contributed by atoms with van der Waals surface area (Å²) in [5.41, 5.74) is 2.57. The first-order valence-electron chi connectivity index (χ1n) is 9.50. The number of carbonyl (C=O) groups is 3. The Morgan fingerprint density at radius 3 is 2.47 bits per heavy atom. The van der Waals surface area contributed by atoms with Gasteiger partial charge < -0.3 is 10.1 Å². The van der Waals surface area contributed by atoms with Crippen molar-refractivity contribution in [3.63, 3.8) is 0 Å². The number of imide groups is 1. The predicted octanol–water partition coefficient (Wildman–Crippen LogP) is 2.89. The number of nitrogens with one attached hydrogen (secondary N) is 2. The molecule has 7 heteroatoms. The van der Waals surface area contributed by atoms with E-state index in [9.17, 15) is 14.4 Å². The standard InChI is InChI=1S/C23H21N3O4/c1-23(17-10-12-18(30-2)13-11-17)21(28)26(22(29)24-23)25-20(27)14-16-8-5-7-15-6-3-4-9-19(15)16/h3-13H,14H2,1-2H3,(H,24,29)(H,25,27)/t23-/m1/s1. The monoisotopic (exact) mass is 403 g/mol. The van der Waals surface area contributed by atoms with Gasteiger partial charge in [0.1, 0.15) is 11.3 Å². The number of rotatable bonds is 5. The van der Waals surface area contributed by atoms with Crippen LogP contribution >= 0.6 is 0 Å². The summed E-state index contributed by atoms with van der Waals surface area (Å²) in [5.74, 6) is -0.364. The molecule has 4 amide bonds. The van der Waals surface area contributed by atoms with Crippen LogP contribution in [0.15, 0.2) is 66.7 Å². The summed E-state index contributed by atoms with van der Waals surface area (Å²) >= 11 is 0. The Bertz CT molecular complexity index is 1140. The average molecular weight is 403 g/mol. The third-order valence-corrected chi connectivity index (χ3v) is 5.33. The molecule has 0 saturated carbocycles. The van der Waals surface area contributed by atoms with Crippen molar-refractivity contribution < 1.29 is 19.1 Å². The van der Waals surface area contributed by atoms with Crippen LogP contribution in [0.25, 0.3) is 10.8 Å². The van der Waals surface area contributed by atoms with E-state index in [1.54, 1.807) is 38.3 Å². The molecule has 3 aromatic rings. The molecule has 0 spiro atoms. The van der Waals surface area contributed by atoms with Crippen LogP contribution in [0.3, 0.4) is 0 Å². The number of fused-ring (bicyclic) bond motifs is 1. The van der Waals surface area contributed by atoms with Crippen molar-refractivity contribution in [2.75, 3.05) is 7.11 Å². The van der Waals surface area contributed by atoms with Gasteiger partial charge in [0.25, 0.3) is 5.91 Å². The SMILES string of the molecule is COc1ccc([C@@]2(C)NC(=O)N(NC(=O)Cc3cccc4ccccc34)C2=O)cc1. The lowest BCUT2D eigenvalue weighted by Crippen LogP contribution is -2.48. The van der Waals surface area contributed by atoms with Crippen LogP contribution in [0.4, 0.5) is 4.79 Å². The van der Waals surface area contributed by atoms with Crippen LogP contribution in [0.2, 0.25) is 0 Å². The second-order valence-electron chi connectivity index (χ2n) is 7.27. The van der Waals surface area contributed by atoms with Gasteiger partial charge in [-0.3, -0.25) is 15.0 Å². The molecule has 30 heavy (non-hydrogen) atoms. The highest BCUT2D eigenvalue weighted by Crippen LogP contribution is 2.29. The minimum Gasteiger partial charge on any atom is -0.497 e. The molecule has 3 aromatic carbocycles. The molecule has 1 atom stereocenters. The maximum atomic E-state index is 13.0. The summed E-state index contributed by atoms with van der Waals surface area (Å²) in [6.07, 6.45) is 0.0393. The lowest BCUT2D eigenvalue weighted by atomic mass is 9.92. The second-order valence-corrected chi connectivity index (χ2v) is 7.27. The summed E-state index contributed by atoms with van der Waals surface area (Å²) in [7, 11) is 1.55. The Hall–Kier alpha value is -3.87. The number of carbonyl (C=O) groups excluding carboxylic acids is 3. The largest absolute Gasteiger partial charge is 0.497 e.